The summed E-state index contributed by atoms with van der Waals surface area (Å²) in [4.78, 5) is 19.1. The van der Waals surface area contributed by atoms with Crippen LogP contribution in [-0.4, -0.2) is 25.6 Å². The fraction of sp³-hybridized carbons (Fsp3) is 0.308. The lowest BCUT2D eigenvalue weighted by atomic mass is 10.1. The van der Waals surface area contributed by atoms with Crippen LogP contribution in [-0.2, 0) is 13.0 Å². The second-order valence-electron chi connectivity index (χ2n) is 4.10. The number of carbonyl (C=O) groups is 1. The van der Waals surface area contributed by atoms with Crippen molar-refractivity contribution in [1.29, 1.82) is 0 Å². The first kappa shape index (κ1) is 12.3. The third-order valence-electron chi connectivity index (χ3n) is 2.67. The van der Waals surface area contributed by atoms with Gasteiger partial charge in [-0.15, -0.1) is 0 Å². The summed E-state index contributed by atoms with van der Waals surface area (Å²) >= 11 is 0. The molecule has 0 radical (unpaired) electrons. The standard InChI is InChI=1S/C13H15N3O2/c1-2-4-16-5-3-15-12(16)7-10-6-11(13(17)18)9-14-8-10/h3,5-6,8-9H,2,4,7H2,1H3,(H,17,18). The molecular formula is C13H15N3O2. The number of nitrogens with zero attached hydrogens (tertiary/aromatic N) is 3. The van der Waals surface area contributed by atoms with E-state index in [0.717, 1.165) is 24.4 Å². The molecule has 0 unspecified atom stereocenters. The van der Waals surface area contributed by atoms with E-state index >= 15 is 0 Å². The molecule has 1 N–H and O–H groups in total. The number of pyridine rings is 1. The predicted octanol–water partition coefficient (Wildman–Crippen LogP) is 1.98. The molecule has 2 aromatic rings. The number of carboxylic acid groups (broad SMARTS) is 1. The highest BCUT2D eigenvalue weighted by Crippen LogP contribution is 2.09. The van der Waals surface area contributed by atoms with E-state index in [-0.39, 0.29) is 5.56 Å². The van der Waals surface area contributed by atoms with Gasteiger partial charge in [0.15, 0.2) is 0 Å². The molecule has 5 nitrogen and oxygen atoms in total. The summed E-state index contributed by atoms with van der Waals surface area (Å²) in [6.07, 6.45) is 8.37. The molecule has 5 heteroatoms. The molecule has 0 spiro atoms. The number of aryl methyl sites for hydroxylation is 1. The van der Waals surface area contributed by atoms with Gasteiger partial charge in [-0.2, -0.15) is 0 Å². The van der Waals surface area contributed by atoms with E-state index in [9.17, 15) is 4.79 Å². The molecule has 0 bridgehead atoms. The zero-order valence-electron chi connectivity index (χ0n) is 10.2. The fourth-order valence-electron chi connectivity index (χ4n) is 1.84. The summed E-state index contributed by atoms with van der Waals surface area (Å²) in [7, 11) is 0. The third-order valence-corrected chi connectivity index (χ3v) is 2.67. The Bertz CT molecular complexity index is 549. The molecule has 0 aliphatic heterocycles. The van der Waals surface area contributed by atoms with Gasteiger partial charge in [0.1, 0.15) is 5.82 Å². The van der Waals surface area contributed by atoms with E-state index in [1.165, 1.54) is 6.20 Å². The van der Waals surface area contributed by atoms with E-state index in [2.05, 4.69) is 21.5 Å². The molecule has 2 heterocycles. The SMILES string of the molecule is CCCn1ccnc1Cc1cncc(C(=O)O)c1. The van der Waals surface area contributed by atoms with Crippen molar-refractivity contribution >= 4 is 5.97 Å². The molecule has 0 aliphatic rings. The molecule has 0 aromatic carbocycles. The zero-order chi connectivity index (χ0) is 13.0. The number of rotatable bonds is 5. The Hall–Kier alpha value is -2.17. The summed E-state index contributed by atoms with van der Waals surface area (Å²) in [6.45, 7) is 3.03. The largest absolute Gasteiger partial charge is 0.478 e. The number of aromatic carboxylic acids is 1. The third kappa shape index (κ3) is 2.74. The van der Waals surface area contributed by atoms with Crippen LogP contribution < -0.4 is 0 Å². The molecule has 94 valence electrons. The fourth-order valence-corrected chi connectivity index (χ4v) is 1.84. The summed E-state index contributed by atoms with van der Waals surface area (Å²) in [5.41, 5.74) is 1.07. The van der Waals surface area contributed by atoms with Gasteiger partial charge in [-0.05, 0) is 18.1 Å². The smallest absolute Gasteiger partial charge is 0.337 e. The Morgan fingerprint density at radius 3 is 3.00 bits per heavy atom. The van der Waals surface area contributed by atoms with Crippen LogP contribution in [0.25, 0.3) is 0 Å². The maximum atomic E-state index is 10.9. The highest BCUT2D eigenvalue weighted by molar-refractivity contribution is 5.87. The molecule has 0 atom stereocenters. The normalized spacial score (nSPS) is 10.5. The van der Waals surface area contributed by atoms with Crippen LogP contribution in [0.5, 0.6) is 0 Å². The van der Waals surface area contributed by atoms with Crippen molar-refractivity contribution < 1.29 is 9.90 Å². The summed E-state index contributed by atoms with van der Waals surface area (Å²) in [5.74, 6) is -0.0255. The first-order chi connectivity index (χ1) is 8.70. The van der Waals surface area contributed by atoms with Crippen molar-refractivity contribution in [2.24, 2.45) is 0 Å². The topological polar surface area (TPSA) is 68.0 Å². The van der Waals surface area contributed by atoms with Crippen molar-refractivity contribution in [3.8, 4) is 0 Å². The van der Waals surface area contributed by atoms with Crippen molar-refractivity contribution in [2.75, 3.05) is 0 Å². The molecule has 2 rings (SSSR count). The molecule has 0 aliphatic carbocycles. The molecule has 0 fully saturated rings. The molecule has 2 aromatic heterocycles. The number of hydrogen-bond acceptors (Lipinski definition) is 3. The van der Waals surface area contributed by atoms with Crippen LogP contribution in [0.3, 0.4) is 0 Å². The minimum atomic E-state index is -0.957. The van der Waals surface area contributed by atoms with Crippen LogP contribution in [0, 0.1) is 0 Å². The molecular weight excluding hydrogens is 230 g/mol. The number of hydrogen-bond donors (Lipinski definition) is 1. The Morgan fingerprint density at radius 2 is 2.28 bits per heavy atom. The number of aromatic nitrogens is 3. The Labute approximate surface area is 105 Å². The van der Waals surface area contributed by atoms with Crippen molar-refractivity contribution in [2.45, 2.75) is 26.3 Å². The summed E-state index contributed by atoms with van der Waals surface area (Å²) in [5, 5.41) is 8.91. The van der Waals surface area contributed by atoms with E-state index in [1.54, 1.807) is 18.5 Å². The number of carboxylic acids is 1. The lowest BCUT2D eigenvalue weighted by Gasteiger charge is -2.06. The molecule has 0 saturated carbocycles. The van der Waals surface area contributed by atoms with Gasteiger partial charge in [-0.3, -0.25) is 4.98 Å². The quantitative estimate of drug-likeness (QED) is 0.874. The Kier molecular flexibility index (Phi) is 3.72. The van der Waals surface area contributed by atoms with Gasteiger partial charge in [0.2, 0.25) is 0 Å². The minimum absolute atomic E-state index is 0.209. The molecule has 18 heavy (non-hydrogen) atoms. The minimum Gasteiger partial charge on any atom is -0.478 e. The van der Waals surface area contributed by atoms with Crippen LogP contribution >= 0.6 is 0 Å². The van der Waals surface area contributed by atoms with Gasteiger partial charge in [-0.1, -0.05) is 6.92 Å². The average molecular weight is 245 g/mol. The van der Waals surface area contributed by atoms with Crippen LogP contribution in [0.1, 0.15) is 35.1 Å². The van der Waals surface area contributed by atoms with Crippen LogP contribution in [0.15, 0.2) is 30.9 Å². The lowest BCUT2D eigenvalue weighted by Crippen LogP contribution is -2.05. The molecule has 0 saturated heterocycles. The Balaban J connectivity index is 2.20. The first-order valence-corrected chi connectivity index (χ1v) is 5.88. The maximum Gasteiger partial charge on any atom is 0.337 e. The Morgan fingerprint density at radius 1 is 1.44 bits per heavy atom. The monoisotopic (exact) mass is 245 g/mol. The van der Waals surface area contributed by atoms with Crippen molar-refractivity contribution in [3.05, 3.63) is 47.8 Å². The van der Waals surface area contributed by atoms with E-state index in [0.29, 0.717) is 6.42 Å². The van der Waals surface area contributed by atoms with Gasteiger partial charge >= 0.3 is 5.97 Å². The van der Waals surface area contributed by atoms with Crippen LogP contribution in [0.4, 0.5) is 0 Å². The van der Waals surface area contributed by atoms with E-state index < -0.39 is 5.97 Å². The lowest BCUT2D eigenvalue weighted by molar-refractivity contribution is 0.0696. The van der Waals surface area contributed by atoms with Gasteiger partial charge in [0.25, 0.3) is 0 Å². The summed E-state index contributed by atoms with van der Waals surface area (Å²) in [6, 6.07) is 1.64. The van der Waals surface area contributed by atoms with Gasteiger partial charge in [-0.25, -0.2) is 9.78 Å². The van der Waals surface area contributed by atoms with Gasteiger partial charge < -0.3 is 9.67 Å². The van der Waals surface area contributed by atoms with Crippen molar-refractivity contribution in [1.82, 2.24) is 14.5 Å². The van der Waals surface area contributed by atoms with Gasteiger partial charge in [0, 0.05) is 37.8 Å². The maximum absolute atomic E-state index is 10.9. The molecule has 0 amide bonds. The second kappa shape index (κ2) is 5.44. The first-order valence-electron chi connectivity index (χ1n) is 5.88. The van der Waals surface area contributed by atoms with Gasteiger partial charge in [0.05, 0.1) is 5.56 Å². The second-order valence-corrected chi connectivity index (χ2v) is 4.10. The zero-order valence-corrected chi connectivity index (χ0v) is 10.2. The van der Waals surface area contributed by atoms with E-state index in [4.69, 9.17) is 5.11 Å². The summed E-state index contributed by atoms with van der Waals surface area (Å²) < 4.78 is 2.08. The van der Waals surface area contributed by atoms with Crippen molar-refractivity contribution in [3.63, 3.8) is 0 Å². The highest BCUT2D eigenvalue weighted by Gasteiger charge is 2.07. The average Bonchev–Trinajstić information content (AvgIpc) is 2.77. The predicted molar refractivity (Wildman–Crippen MR) is 66.5 cm³/mol. The van der Waals surface area contributed by atoms with E-state index in [1.807, 2.05) is 6.20 Å². The number of imidazole rings is 1. The van der Waals surface area contributed by atoms with Crippen LogP contribution in [0.2, 0.25) is 0 Å². The highest BCUT2D eigenvalue weighted by atomic mass is 16.4.